The molecule has 1 aromatic rings. The Morgan fingerprint density at radius 2 is 1.74 bits per heavy atom. The summed E-state index contributed by atoms with van der Waals surface area (Å²) < 4.78 is 13.9. The van der Waals surface area contributed by atoms with E-state index in [9.17, 15) is 18.8 Å². The average molecular weight is 317 g/mol. The predicted octanol–water partition coefficient (Wildman–Crippen LogP) is 1.36. The van der Waals surface area contributed by atoms with Crippen LogP contribution in [-0.4, -0.2) is 52.8 Å². The van der Waals surface area contributed by atoms with Crippen molar-refractivity contribution in [3.05, 3.63) is 30.1 Å². The maximum atomic E-state index is 13.9. The highest BCUT2D eigenvalue weighted by atomic mass is 19.1. The van der Waals surface area contributed by atoms with Gasteiger partial charge < -0.3 is 9.80 Å². The second-order valence-corrected chi connectivity index (χ2v) is 6.09. The van der Waals surface area contributed by atoms with E-state index in [-0.39, 0.29) is 17.6 Å². The van der Waals surface area contributed by atoms with Crippen LogP contribution in [0.25, 0.3) is 0 Å². The molecule has 2 unspecified atom stereocenters. The number of imide groups is 1. The van der Waals surface area contributed by atoms with Crippen LogP contribution in [0.4, 0.5) is 14.9 Å². The Balaban J connectivity index is 1.60. The van der Waals surface area contributed by atoms with Gasteiger partial charge in [-0.25, -0.2) is 14.1 Å². The molecule has 0 N–H and O–H groups in total. The normalized spacial score (nSPS) is 27.3. The molecule has 3 aliphatic heterocycles. The van der Waals surface area contributed by atoms with Gasteiger partial charge in [-0.15, -0.1) is 0 Å². The van der Waals surface area contributed by atoms with Crippen LogP contribution < -0.4 is 4.90 Å². The number of carbonyl (C=O) groups excluding carboxylic acids is 3. The van der Waals surface area contributed by atoms with Crippen molar-refractivity contribution in [1.82, 2.24) is 9.80 Å². The van der Waals surface area contributed by atoms with Crippen LogP contribution in [-0.2, 0) is 9.59 Å². The molecule has 3 saturated heterocycles. The van der Waals surface area contributed by atoms with Crippen molar-refractivity contribution in [3.63, 3.8) is 0 Å². The number of halogens is 1. The van der Waals surface area contributed by atoms with Gasteiger partial charge in [-0.1, -0.05) is 12.1 Å². The Labute approximate surface area is 132 Å². The van der Waals surface area contributed by atoms with E-state index >= 15 is 0 Å². The van der Waals surface area contributed by atoms with Gasteiger partial charge in [0.2, 0.25) is 0 Å². The number of hydrogen-bond donors (Lipinski definition) is 0. The number of amides is 4. The molecule has 3 fully saturated rings. The summed E-state index contributed by atoms with van der Waals surface area (Å²) in [5.74, 6) is -1.17. The molecule has 3 aliphatic rings. The van der Waals surface area contributed by atoms with Crippen LogP contribution in [0.2, 0.25) is 0 Å². The molecule has 4 amide bonds. The summed E-state index contributed by atoms with van der Waals surface area (Å²) in [4.78, 5) is 41.5. The number of nitrogens with zero attached hydrogens (tertiary/aromatic N) is 3. The van der Waals surface area contributed by atoms with Crippen molar-refractivity contribution >= 4 is 23.5 Å². The zero-order valence-corrected chi connectivity index (χ0v) is 12.4. The molecule has 7 heteroatoms. The molecule has 0 spiro atoms. The minimum absolute atomic E-state index is 0.194. The summed E-state index contributed by atoms with van der Waals surface area (Å²) in [6, 6.07) is 4.41. The summed E-state index contributed by atoms with van der Waals surface area (Å²) >= 11 is 0. The summed E-state index contributed by atoms with van der Waals surface area (Å²) in [7, 11) is 0. The van der Waals surface area contributed by atoms with E-state index in [0.29, 0.717) is 25.9 Å². The number of urea groups is 1. The zero-order valence-electron chi connectivity index (χ0n) is 12.4. The van der Waals surface area contributed by atoms with E-state index in [0.717, 1.165) is 11.3 Å². The van der Waals surface area contributed by atoms with Crippen LogP contribution in [0.15, 0.2) is 24.3 Å². The molecular formula is C16H16FN3O3. The summed E-state index contributed by atoms with van der Waals surface area (Å²) in [6.07, 6.45) is 1.81. The van der Waals surface area contributed by atoms with E-state index in [1.165, 1.54) is 17.0 Å². The first kappa shape index (κ1) is 14.2. The third-order valence-electron chi connectivity index (χ3n) is 4.86. The minimum Gasteiger partial charge on any atom is -0.312 e. The zero-order chi connectivity index (χ0) is 16.1. The molecule has 0 aromatic heterocycles. The number of hydrogen-bond acceptors (Lipinski definition) is 3. The predicted molar refractivity (Wildman–Crippen MR) is 79.1 cm³/mol. The molecule has 0 bridgehead atoms. The summed E-state index contributed by atoms with van der Waals surface area (Å²) in [5.41, 5.74) is 0.194. The van der Waals surface area contributed by atoms with Gasteiger partial charge in [0.05, 0.1) is 5.69 Å². The maximum absolute atomic E-state index is 13.9. The van der Waals surface area contributed by atoms with E-state index in [4.69, 9.17) is 0 Å². The van der Waals surface area contributed by atoms with Gasteiger partial charge in [-0.3, -0.25) is 9.59 Å². The Morgan fingerprint density at radius 1 is 0.957 bits per heavy atom. The van der Waals surface area contributed by atoms with Gasteiger partial charge in [-0.2, -0.15) is 0 Å². The van der Waals surface area contributed by atoms with Gasteiger partial charge in [-0.05, 0) is 31.4 Å². The van der Waals surface area contributed by atoms with Gasteiger partial charge in [0.15, 0.2) is 0 Å². The van der Waals surface area contributed by atoms with Crippen molar-refractivity contribution < 1.29 is 18.8 Å². The topological polar surface area (TPSA) is 60.9 Å². The monoisotopic (exact) mass is 317 g/mol. The Bertz CT molecular complexity index is 686. The fourth-order valence-corrected chi connectivity index (χ4v) is 3.75. The van der Waals surface area contributed by atoms with E-state index < -0.39 is 23.8 Å². The Kier molecular flexibility index (Phi) is 3.11. The van der Waals surface area contributed by atoms with Crippen LogP contribution in [0, 0.1) is 5.82 Å². The third-order valence-corrected chi connectivity index (χ3v) is 4.86. The van der Waals surface area contributed by atoms with Crippen LogP contribution in [0.1, 0.15) is 19.3 Å². The fourth-order valence-electron chi connectivity index (χ4n) is 3.75. The lowest BCUT2D eigenvalue weighted by atomic mass is 10.1. The highest BCUT2D eigenvalue weighted by molar-refractivity contribution is 6.10. The van der Waals surface area contributed by atoms with Crippen molar-refractivity contribution in [2.24, 2.45) is 0 Å². The highest BCUT2D eigenvalue weighted by Crippen LogP contribution is 2.33. The molecule has 120 valence electrons. The molecule has 6 nitrogen and oxygen atoms in total. The van der Waals surface area contributed by atoms with Crippen LogP contribution in [0.5, 0.6) is 0 Å². The van der Waals surface area contributed by atoms with Crippen LogP contribution >= 0.6 is 0 Å². The summed E-state index contributed by atoms with van der Waals surface area (Å²) in [5, 5.41) is 0. The van der Waals surface area contributed by atoms with E-state index in [2.05, 4.69) is 0 Å². The lowest BCUT2D eigenvalue weighted by molar-refractivity contribution is -0.133. The first-order valence-corrected chi connectivity index (χ1v) is 7.79. The number of carbonyl (C=O) groups is 3. The molecule has 23 heavy (non-hydrogen) atoms. The fraction of sp³-hybridized carbons (Fsp3) is 0.438. The van der Waals surface area contributed by atoms with E-state index in [1.54, 1.807) is 17.0 Å². The van der Waals surface area contributed by atoms with Crippen molar-refractivity contribution in [3.8, 4) is 0 Å². The van der Waals surface area contributed by atoms with E-state index in [1.807, 2.05) is 0 Å². The summed E-state index contributed by atoms with van der Waals surface area (Å²) in [6.45, 7) is 0.857. The van der Waals surface area contributed by atoms with Crippen LogP contribution in [0.3, 0.4) is 0 Å². The van der Waals surface area contributed by atoms with Crippen molar-refractivity contribution in [2.45, 2.75) is 31.3 Å². The Hall–Kier alpha value is -2.44. The lowest BCUT2D eigenvalue weighted by Gasteiger charge is -2.22. The molecule has 0 saturated carbocycles. The first-order valence-electron chi connectivity index (χ1n) is 7.79. The second-order valence-electron chi connectivity index (χ2n) is 6.09. The Morgan fingerprint density at radius 3 is 2.48 bits per heavy atom. The number of anilines is 1. The van der Waals surface area contributed by atoms with Gasteiger partial charge in [0, 0.05) is 13.1 Å². The maximum Gasteiger partial charge on any atom is 0.328 e. The SMILES string of the molecule is O=C1C(N2C(=O)C3CCCN3C2=O)CCN1c1ccccc1F. The number of para-hydroxylation sites is 1. The average Bonchev–Trinajstić information content (AvgIpc) is 3.20. The quantitative estimate of drug-likeness (QED) is 0.774. The molecule has 3 heterocycles. The van der Waals surface area contributed by atoms with Gasteiger partial charge in [0.1, 0.15) is 17.9 Å². The number of fused-ring (bicyclic) bond motifs is 1. The molecule has 0 radical (unpaired) electrons. The van der Waals surface area contributed by atoms with Crippen molar-refractivity contribution in [1.29, 1.82) is 0 Å². The number of rotatable bonds is 2. The molecule has 0 aliphatic carbocycles. The molecule has 4 rings (SSSR count). The molecular weight excluding hydrogens is 301 g/mol. The molecule has 2 atom stereocenters. The smallest absolute Gasteiger partial charge is 0.312 e. The number of benzene rings is 1. The van der Waals surface area contributed by atoms with Gasteiger partial charge in [0.25, 0.3) is 11.8 Å². The largest absolute Gasteiger partial charge is 0.328 e. The first-order chi connectivity index (χ1) is 11.1. The third kappa shape index (κ3) is 1.95. The standard InChI is InChI=1S/C16H16FN3O3/c17-10-4-1-2-5-11(10)18-9-7-13(14(18)21)20-15(22)12-6-3-8-19(12)16(20)23/h1-2,4-5,12-13H,3,6-9H2. The highest BCUT2D eigenvalue weighted by Gasteiger charge is 2.53. The lowest BCUT2D eigenvalue weighted by Crippen LogP contribution is -2.46. The van der Waals surface area contributed by atoms with Crippen molar-refractivity contribution in [2.75, 3.05) is 18.0 Å². The molecule has 1 aromatic carbocycles. The second kappa shape index (κ2) is 5.04. The van der Waals surface area contributed by atoms with Gasteiger partial charge >= 0.3 is 6.03 Å². The minimum atomic E-state index is -0.819.